The number of ether oxygens (including phenoxy) is 2. The fourth-order valence-corrected chi connectivity index (χ4v) is 3.53. The first-order valence-corrected chi connectivity index (χ1v) is 8.81. The van der Waals surface area contributed by atoms with Gasteiger partial charge in [-0.15, -0.1) is 24.0 Å². The molecule has 6 heteroatoms. The molecule has 26 heavy (non-hydrogen) atoms. The molecule has 0 saturated carbocycles. The zero-order valence-corrected chi connectivity index (χ0v) is 16.9. The second-order valence-corrected chi connectivity index (χ2v) is 6.47. The van der Waals surface area contributed by atoms with Crippen molar-refractivity contribution in [3.8, 4) is 11.5 Å². The summed E-state index contributed by atoms with van der Waals surface area (Å²) >= 11 is 0. The minimum Gasteiger partial charge on any atom is -0.493 e. The summed E-state index contributed by atoms with van der Waals surface area (Å²) < 4.78 is 11.4. The Balaban J connectivity index is 0.00000196. The maximum atomic E-state index is 6.17. The molecule has 3 N–H and O–H groups in total. The molecule has 2 unspecified atom stereocenters. The van der Waals surface area contributed by atoms with Crippen molar-refractivity contribution in [1.29, 1.82) is 0 Å². The molecule has 0 spiro atoms. The normalized spacial score (nSPS) is 21.3. The highest BCUT2D eigenvalue weighted by atomic mass is 127. The Morgan fingerprint density at radius 2 is 1.58 bits per heavy atom. The van der Waals surface area contributed by atoms with Gasteiger partial charge in [-0.3, -0.25) is 4.99 Å². The first kappa shape index (κ1) is 18.8. The lowest BCUT2D eigenvalue weighted by Crippen LogP contribution is -2.37. The molecule has 5 nitrogen and oxygen atoms in total. The van der Waals surface area contributed by atoms with E-state index >= 15 is 0 Å². The number of nitrogens with one attached hydrogen (secondary N) is 1. The van der Waals surface area contributed by atoms with E-state index in [1.165, 1.54) is 5.56 Å². The van der Waals surface area contributed by atoms with Crippen molar-refractivity contribution in [2.24, 2.45) is 10.7 Å². The van der Waals surface area contributed by atoms with Gasteiger partial charge in [0.25, 0.3) is 0 Å². The summed E-state index contributed by atoms with van der Waals surface area (Å²) in [7, 11) is 0. The highest BCUT2D eigenvalue weighted by Gasteiger charge is 2.23. The van der Waals surface area contributed by atoms with Crippen molar-refractivity contribution in [1.82, 2.24) is 5.32 Å². The Labute approximate surface area is 171 Å². The lowest BCUT2D eigenvalue weighted by Gasteiger charge is -2.27. The highest BCUT2D eigenvalue weighted by molar-refractivity contribution is 14.0. The van der Waals surface area contributed by atoms with Crippen LogP contribution in [0.15, 0.2) is 53.5 Å². The molecule has 2 aliphatic heterocycles. The summed E-state index contributed by atoms with van der Waals surface area (Å²) in [6, 6.07) is 16.4. The topological polar surface area (TPSA) is 68.9 Å². The maximum absolute atomic E-state index is 6.17. The number of para-hydroxylation sites is 2. The number of hydrogen-bond acceptors (Lipinski definition) is 3. The summed E-state index contributed by atoms with van der Waals surface area (Å²) in [5.74, 6) is 2.74. The third-order valence-electron chi connectivity index (χ3n) is 4.85. The van der Waals surface area contributed by atoms with Crippen LogP contribution < -0.4 is 20.5 Å². The van der Waals surface area contributed by atoms with Gasteiger partial charge in [0.05, 0.1) is 19.3 Å². The molecule has 138 valence electrons. The number of nitrogens with two attached hydrogens (primary N) is 1. The van der Waals surface area contributed by atoms with Gasteiger partial charge < -0.3 is 20.5 Å². The Morgan fingerprint density at radius 1 is 0.962 bits per heavy atom. The number of nitrogens with zero attached hydrogens (tertiary/aromatic N) is 1. The van der Waals surface area contributed by atoms with Crippen molar-refractivity contribution < 1.29 is 9.47 Å². The van der Waals surface area contributed by atoms with Crippen molar-refractivity contribution in [2.75, 3.05) is 19.8 Å². The lowest BCUT2D eigenvalue weighted by atomic mass is 9.93. The highest BCUT2D eigenvalue weighted by Crippen LogP contribution is 2.34. The largest absolute Gasteiger partial charge is 0.493 e. The Kier molecular flexibility index (Phi) is 6.24. The molecule has 0 fully saturated rings. The van der Waals surface area contributed by atoms with E-state index < -0.39 is 0 Å². The Bertz CT molecular complexity index is 781. The van der Waals surface area contributed by atoms with Crippen LogP contribution >= 0.6 is 24.0 Å². The second kappa shape index (κ2) is 8.62. The van der Waals surface area contributed by atoms with Gasteiger partial charge in [0, 0.05) is 24.4 Å². The fourth-order valence-electron chi connectivity index (χ4n) is 3.53. The minimum absolute atomic E-state index is 0. The van der Waals surface area contributed by atoms with Crippen LogP contribution in [0.4, 0.5) is 0 Å². The number of benzene rings is 2. The first-order valence-electron chi connectivity index (χ1n) is 8.81. The van der Waals surface area contributed by atoms with E-state index in [-0.39, 0.29) is 30.0 Å². The number of halogens is 1. The van der Waals surface area contributed by atoms with E-state index in [0.717, 1.165) is 36.5 Å². The van der Waals surface area contributed by atoms with Crippen molar-refractivity contribution in [3.63, 3.8) is 0 Å². The van der Waals surface area contributed by atoms with E-state index in [1.807, 2.05) is 36.4 Å². The van der Waals surface area contributed by atoms with Gasteiger partial charge in [-0.1, -0.05) is 36.4 Å². The third-order valence-corrected chi connectivity index (χ3v) is 4.85. The Hall–Kier alpha value is -1.96. The molecule has 0 aliphatic carbocycles. The van der Waals surface area contributed by atoms with Gasteiger partial charge in [-0.25, -0.2) is 0 Å². The molecule has 0 saturated heterocycles. The smallest absolute Gasteiger partial charge is 0.189 e. The second-order valence-electron chi connectivity index (χ2n) is 6.47. The van der Waals surface area contributed by atoms with Gasteiger partial charge in [0.1, 0.15) is 11.5 Å². The standard InChI is InChI=1S/C20H23N3O2.HI/c21-20(23-17-10-12-25-19-8-4-2-6-16(17)19)22-13-14-9-11-24-18-7-3-1-5-15(14)18;/h1-8,14,17H,9-13H2,(H3,21,22,23);1H. The van der Waals surface area contributed by atoms with Crippen LogP contribution in [0.2, 0.25) is 0 Å². The molecule has 0 aromatic heterocycles. The predicted octanol–water partition coefficient (Wildman–Crippen LogP) is 3.60. The molecular formula is C20H24IN3O2. The number of aliphatic imine (C=N–C) groups is 1. The lowest BCUT2D eigenvalue weighted by molar-refractivity contribution is 0.261. The zero-order chi connectivity index (χ0) is 17.1. The quantitative estimate of drug-likeness (QED) is 0.413. The maximum Gasteiger partial charge on any atom is 0.189 e. The van der Waals surface area contributed by atoms with Crippen LogP contribution in [-0.4, -0.2) is 25.7 Å². The van der Waals surface area contributed by atoms with Crippen LogP contribution in [0.1, 0.15) is 35.9 Å². The van der Waals surface area contributed by atoms with Crippen LogP contribution in [0.3, 0.4) is 0 Å². The van der Waals surface area contributed by atoms with Gasteiger partial charge in [-0.05, 0) is 24.1 Å². The van der Waals surface area contributed by atoms with E-state index in [9.17, 15) is 0 Å². The number of hydrogen-bond donors (Lipinski definition) is 2. The molecule has 0 bridgehead atoms. The van der Waals surface area contributed by atoms with Crippen molar-refractivity contribution in [2.45, 2.75) is 24.8 Å². The zero-order valence-electron chi connectivity index (χ0n) is 14.6. The fraction of sp³-hybridized carbons (Fsp3) is 0.350. The number of guanidine groups is 1. The summed E-state index contributed by atoms with van der Waals surface area (Å²) in [4.78, 5) is 4.60. The van der Waals surface area contributed by atoms with Gasteiger partial charge in [0.15, 0.2) is 5.96 Å². The summed E-state index contributed by atoms with van der Waals surface area (Å²) in [5.41, 5.74) is 8.53. The monoisotopic (exact) mass is 465 g/mol. The number of fused-ring (bicyclic) bond motifs is 2. The van der Waals surface area contributed by atoms with Gasteiger partial charge in [0.2, 0.25) is 0 Å². The molecular weight excluding hydrogens is 441 g/mol. The number of rotatable bonds is 3. The molecule has 4 rings (SSSR count). The van der Waals surface area contributed by atoms with Gasteiger partial charge in [-0.2, -0.15) is 0 Å². The van der Waals surface area contributed by atoms with Crippen molar-refractivity contribution in [3.05, 3.63) is 59.7 Å². The van der Waals surface area contributed by atoms with Crippen molar-refractivity contribution >= 4 is 29.9 Å². The molecule has 2 atom stereocenters. The predicted molar refractivity (Wildman–Crippen MR) is 114 cm³/mol. The van der Waals surface area contributed by atoms with E-state index in [2.05, 4.69) is 22.4 Å². The first-order chi connectivity index (χ1) is 12.3. The SMILES string of the molecule is I.NC(=NCC1CCOc2ccccc21)NC1CCOc2ccccc21. The molecule has 0 radical (unpaired) electrons. The molecule has 0 amide bonds. The van der Waals surface area contributed by atoms with Crippen LogP contribution in [-0.2, 0) is 0 Å². The molecule has 2 aromatic carbocycles. The van der Waals surface area contributed by atoms with Crippen LogP contribution in [0, 0.1) is 0 Å². The van der Waals surface area contributed by atoms with E-state index in [4.69, 9.17) is 15.2 Å². The molecule has 2 heterocycles. The Morgan fingerprint density at radius 3 is 2.35 bits per heavy atom. The van der Waals surface area contributed by atoms with E-state index in [0.29, 0.717) is 25.0 Å². The van der Waals surface area contributed by atoms with Crippen LogP contribution in [0.25, 0.3) is 0 Å². The van der Waals surface area contributed by atoms with Crippen LogP contribution in [0.5, 0.6) is 11.5 Å². The average Bonchev–Trinajstić information content (AvgIpc) is 2.66. The summed E-state index contributed by atoms with van der Waals surface area (Å²) in [6.45, 7) is 2.09. The molecule has 2 aromatic rings. The summed E-state index contributed by atoms with van der Waals surface area (Å²) in [5, 5.41) is 3.36. The third kappa shape index (κ3) is 4.06. The van der Waals surface area contributed by atoms with E-state index in [1.54, 1.807) is 0 Å². The minimum atomic E-state index is 0. The summed E-state index contributed by atoms with van der Waals surface area (Å²) in [6.07, 6.45) is 1.85. The van der Waals surface area contributed by atoms with Gasteiger partial charge >= 0.3 is 0 Å². The molecule has 2 aliphatic rings. The average molecular weight is 465 g/mol.